The highest BCUT2D eigenvalue weighted by Gasteiger charge is 2.44. The van der Waals surface area contributed by atoms with Crippen LogP contribution in [0.5, 0.6) is 0 Å². The summed E-state index contributed by atoms with van der Waals surface area (Å²) in [5.74, 6) is 3.40. The molecule has 4 N–H and O–H groups in total. The van der Waals surface area contributed by atoms with Crippen molar-refractivity contribution in [2.75, 3.05) is 0 Å². The van der Waals surface area contributed by atoms with Crippen molar-refractivity contribution in [3.05, 3.63) is 314 Å². The molecule has 0 fully saturated rings. The second kappa shape index (κ2) is 15.7. The van der Waals surface area contributed by atoms with Crippen LogP contribution in [0.1, 0.15) is 67.8 Å². The average molecular weight is 814 g/mol. The summed E-state index contributed by atoms with van der Waals surface area (Å²) in [7, 11) is 0. The number of nitro groups is 1. The second-order valence-corrected chi connectivity index (χ2v) is 15.6. The van der Waals surface area contributed by atoms with Crippen LogP contribution < -0.4 is 0 Å². The van der Waals surface area contributed by atoms with Crippen LogP contribution in [0.4, 0.5) is 5.69 Å². The standard InChI is InChI=1S/C56H39N5O2/c62-61(63)47-35-46-48(36-19-7-1-8-20-36)42-31-32-44(57-42)50(38-23-11-3-12-24-38)55-52(40-27-15-5-16-28-40)53(41-29-17-6-18-30-41)56(60-55)51(39-25-13-4-14-26-39)45-34-33-43(58-45)49(54(47)59-46)37-21-9-2-10-22-37/h1-35,57-60H/q+4. The third-order valence-electron chi connectivity index (χ3n) is 11.8. The molecule has 0 amide bonds. The van der Waals surface area contributed by atoms with Gasteiger partial charge in [-0.3, -0.25) is 10.1 Å². The SMILES string of the molecule is O=[N+]([O-])c1cc2[nH]c1[C+](c1ccccc1)c1ccc([nH]1)[C+](c1ccccc1)c1[nH]c(c(-c3ccccc3)c1-c1ccccc1)[C+](c1ccccc1)c1ccc([nH]1)[C+]2c1ccccc1. The Balaban J connectivity index is 1.29. The van der Waals surface area contributed by atoms with Gasteiger partial charge in [-0.15, -0.1) is 0 Å². The maximum atomic E-state index is 13.2. The van der Waals surface area contributed by atoms with Gasteiger partial charge in [-0.05, 0) is 97.1 Å². The Morgan fingerprint density at radius 3 is 1.02 bits per heavy atom. The lowest BCUT2D eigenvalue weighted by Gasteiger charge is -2.13. The van der Waals surface area contributed by atoms with E-state index >= 15 is 0 Å². The molecule has 0 unspecified atom stereocenters. The van der Waals surface area contributed by atoms with Crippen LogP contribution in [0.2, 0.25) is 0 Å². The molecule has 0 aliphatic carbocycles. The van der Waals surface area contributed by atoms with E-state index in [2.05, 4.69) is 141 Å². The highest BCUT2D eigenvalue weighted by Crippen LogP contribution is 2.49. The van der Waals surface area contributed by atoms with Gasteiger partial charge in [0.25, 0.3) is 0 Å². The predicted octanol–water partition coefficient (Wildman–Crippen LogP) is 12.6. The van der Waals surface area contributed by atoms with E-state index in [4.69, 9.17) is 0 Å². The molecule has 7 nitrogen and oxygen atoms in total. The van der Waals surface area contributed by atoms with E-state index in [1.165, 1.54) is 0 Å². The van der Waals surface area contributed by atoms with Crippen LogP contribution in [0.3, 0.4) is 0 Å². The summed E-state index contributed by atoms with van der Waals surface area (Å²) in [4.78, 5) is 28.3. The topological polar surface area (TPSA) is 106 Å². The Kier molecular flexibility index (Phi) is 9.32. The fourth-order valence-corrected chi connectivity index (χ4v) is 9.13. The van der Waals surface area contributed by atoms with Crippen molar-refractivity contribution in [3.63, 3.8) is 0 Å². The van der Waals surface area contributed by atoms with E-state index in [0.29, 0.717) is 17.3 Å². The van der Waals surface area contributed by atoms with Crippen molar-refractivity contribution >= 4 is 5.69 Å². The van der Waals surface area contributed by atoms with Crippen LogP contribution in [-0.4, -0.2) is 24.9 Å². The molecule has 10 aromatic rings. The Hall–Kier alpha value is -8.68. The zero-order chi connectivity index (χ0) is 42.3. The summed E-state index contributed by atoms with van der Waals surface area (Å²) in [6, 6.07) is 72.0. The van der Waals surface area contributed by atoms with Crippen LogP contribution in [0.15, 0.2) is 212 Å². The van der Waals surface area contributed by atoms with E-state index in [0.717, 1.165) is 96.4 Å². The van der Waals surface area contributed by atoms with Gasteiger partial charge in [-0.2, -0.15) is 0 Å². The normalized spacial score (nSPS) is 12.4. The number of fused-ring (bicyclic) bond motifs is 8. The minimum Gasteiger partial charge on any atom is -0.327 e. The zero-order valence-corrected chi connectivity index (χ0v) is 34.0. The van der Waals surface area contributed by atoms with Gasteiger partial charge < -0.3 is 19.9 Å². The maximum Gasteiger partial charge on any atom is 0.380 e. The summed E-state index contributed by atoms with van der Waals surface area (Å²) in [5.41, 5.74) is 14.1. The number of nitrogens with zero attached hydrogens (tertiary/aromatic N) is 1. The van der Waals surface area contributed by atoms with Crippen LogP contribution in [-0.2, 0) is 0 Å². The van der Waals surface area contributed by atoms with Crippen molar-refractivity contribution in [2.24, 2.45) is 0 Å². The Morgan fingerprint density at radius 2 is 0.651 bits per heavy atom. The van der Waals surface area contributed by atoms with Gasteiger partial charge in [0, 0.05) is 59.7 Å². The minimum absolute atomic E-state index is 0.0271. The lowest BCUT2D eigenvalue weighted by Crippen LogP contribution is -2.12. The third-order valence-corrected chi connectivity index (χ3v) is 11.8. The molecule has 4 aromatic heterocycles. The number of benzene rings is 6. The van der Waals surface area contributed by atoms with E-state index in [-0.39, 0.29) is 10.6 Å². The number of hydrogen-bond acceptors (Lipinski definition) is 2. The first-order chi connectivity index (χ1) is 31.1. The maximum absolute atomic E-state index is 13.2. The fourth-order valence-electron chi connectivity index (χ4n) is 9.13. The quantitative estimate of drug-likeness (QED) is 0.0731. The Labute approximate surface area is 365 Å². The summed E-state index contributed by atoms with van der Waals surface area (Å²) >= 11 is 0. The number of nitrogens with one attached hydrogen (secondary N) is 4. The molecule has 7 heteroatoms. The predicted molar refractivity (Wildman–Crippen MR) is 249 cm³/mol. The monoisotopic (exact) mass is 813 g/mol. The second-order valence-electron chi connectivity index (χ2n) is 15.6. The number of H-pyrrole nitrogens is 4. The van der Waals surface area contributed by atoms with Crippen molar-refractivity contribution in [2.45, 2.75) is 0 Å². The largest absolute Gasteiger partial charge is 0.380 e. The molecule has 0 saturated carbocycles. The molecule has 0 saturated heterocycles. The molecule has 11 rings (SSSR count). The molecule has 0 radical (unpaired) electrons. The molecular weight excluding hydrogens is 775 g/mol. The first-order valence-electron chi connectivity index (χ1n) is 21.0. The fraction of sp³-hybridized carbons (Fsp3) is 0. The van der Waals surface area contributed by atoms with Crippen molar-refractivity contribution in [1.82, 2.24) is 19.9 Å². The summed E-state index contributed by atoms with van der Waals surface area (Å²) in [5, 5.41) is 13.2. The first-order valence-corrected chi connectivity index (χ1v) is 21.0. The van der Waals surface area contributed by atoms with Gasteiger partial charge in [0.15, 0.2) is 0 Å². The molecule has 296 valence electrons. The number of aromatic nitrogens is 4. The van der Waals surface area contributed by atoms with E-state index in [9.17, 15) is 10.1 Å². The number of aromatic amines is 4. The lowest BCUT2D eigenvalue weighted by molar-refractivity contribution is -0.385. The van der Waals surface area contributed by atoms with Gasteiger partial charge in [-0.1, -0.05) is 36.4 Å². The molecular formula is C56H39N5O2+4. The van der Waals surface area contributed by atoms with E-state index < -0.39 is 0 Å². The van der Waals surface area contributed by atoms with Crippen LogP contribution >= 0.6 is 0 Å². The smallest absolute Gasteiger partial charge is 0.327 e. The summed E-state index contributed by atoms with van der Waals surface area (Å²) < 4.78 is 0. The molecule has 1 aliphatic heterocycles. The summed E-state index contributed by atoms with van der Waals surface area (Å²) in [6.07, 6.45) is 0. The summed E-state index contributed by atoms with van der Waals surface area (Å²) in [6.45, 7) is 0. The number of hydrogen-bond donors (Lipinski definition) is 4. The third kappa shape index (κ3) is 6.65. The van der Waals surface area contributed by atoms with Gasteiger partial charge >= 0.3 is 5.69 Å². The van der Waals surface area contributed by atoms with Crippen LogP contribution in [0, 0.1) is 33.8 Å². The van der Waals surface area contributed by atoms with Crippen LogP contribution in [0.25, 0.3) is 22.3 Å². The lowest BCUT2D eigenvalue weighted by atomic mass is 9.84. The van der Waals surface area contributed by atoms with Gasteiger partial charge in [0.05, 0.1) is 46.5 Å². The highest BCUT2D eigenvalue weighted by molar-refractivity contribution is 5.92. The zero-order valence-electron chi connectivity index (χ0n) is 34.0. The van der Waals surface area contributed by atoms with Crippen molar-refractivity contribution in [3.8, 4) is 22.3 Å². The Bertz CT molecular complexity index is 3150. The van der Waals surface area contributed by atoms with E-state index in [1.807, 2.05) is 84.9 Å². The van der Waals surface area contributed by atoms with Gasteiger partial charge in [0.2, 0.25) is 5.69 Å². The van der Waals surface area contributed by atoms with Gasteiger partial charge in [-0.25, -0.2) is 0 Å². The highest BCUT2D eigenvalue weighted by atomic mass is 16.6. The Morgan fingerprint density at radius 1 is 0.333 bits per heavy atom. The van der Waals surface area contributed by atoms with Crippen molar-refractivity contribution < 1.29 is 4.92 Å². The molecule has 5 heterocycles. The number of rotatable bonds is 7. The average Bonchev–Trinajstić information content (AvgIpc) is 4.17. The minimum atomic E-state index is -0.292. The first kappa shape index (κ1) is 37.3. The van der Waals surface area contributed by atoms with E-state index in [1.54, 1.807) is 6.07 Å². The molecule has 0 atom stereocenters. The molecule has 0 spiro atoms. The molecule has 6 aromatic carbocycles. The van der Waals surface area contributed by atoms with Gasteiger partial charge in [0.1, 0.15) is 85.6 Å². The molecule has 63 heavy (non-hydrogen) atoms. The van der Waals surface area contributed by atoms with Crippen molar-refractivity contribution in [1.29, 1.82) is 0 Å². The molecule has 1 aliphatic rings. The molecule has 8 bridgehead atoms.